The molecule has 7 nitrogen and oxygen atoms in total. The fourth-order valence-corrected chi connectivity index (χ4v) is 6.06. The van der Waals surface area contributed by atoms with Crippen LogP contribution in [0.1, 0.15) is 32.5 Å². The number of carbonyl (C=O) groups excluding carboxylic acids is 3. The normalized spacial score (nSPS) is 11.7. The van der Waals surface area contributed by atoms with Crippen molar-refractivity contribution in [1.29, 1.82) is 0 Å². The van der Waals surface area contributed by atoms with Crippen molar-refractivity contribution in [3.63, 3.8) is 0 Å². The van der Waals surface area contributed by atoms with E-state index >= 15 is 0 Å². The van der Waals surface area contributed by atoms with Gasteiger partial charge in [-0.2, -0.15) is 0 Å². The molecule has 5 aromatic carbocycles. The second-order valence-electron chi connectivity index (χ2n) is 11.1. The number of para-hydroxylation sites is 1. The van der Waals surface area contributed by atoms with Crippen molar-refractivity contribution in [3.8, 4) is 11.3 Å². The second-order valence-corrected chi connectivity index (χ2v) is 12.3. The number of carbonyl (C=O) groups is 3. The van der Waals surface area contributed by atoms with Gasteiger partial charge in [0, 0.05) is 33.5 Å². The average molecular weight is 664 g/mol. The van der Waals surface area contributed by atoms with Gasteiger partial charge in [-0.1, -0.05) is 97.1 Å². The van der Waals surface area contributed by atoms with Crippen molar-refractivity contribution in [2.75, 3.05) is 10.6 Å². The number of hydrogen-bond acceptors (Lipinski definition) is 5. The quantitative estimate of drug-likeness (QED) is 0.0948. The lowest BCUT2D eigenvalue weighted by atomic mass is 10.1. The third-order valence-electron chi connectivity index (χ3n) is 7.61. The summed E-state index contributed by atoms with van der Waals surface area (Å²) in [5, 5.41) is 8.18. The maximum atomic E-state index is 13.6. The summed E-state index contributed by atoms with van der Waals surface area (Å²) in [7, 11) is 0. The molecule has 3 N–H and O–H groups in total. The minimum Gasteiger partial charge on any atom is -0.457 e. The molecule has 0 aliphatic carbocycles. The van der Waals surface area contributed by atoms with Gasteiger partial charge >= 0.3 is 0 Å². The van der Waals surface area contributed by atoms with Crippen molar-refractivity contribution in [3.05, 3.63) is 180 Å². The third-order valence-corrected chi connectivity index (χ3v) is 8.88. The van der Waals surface area contributed by atoms with Crippen molar-refractivity contribution in [1.82, 2.24) is 5.32 Å². The number of furan rings is 1. The van der Waals surface area contributed by atoms with E-state index in [9.17, 15) is 14.4 Å². The van der Waals surface area contributed by atoms with Crippen LogP contribution in [0.3, 0.4) is 0 Å². The lowest BCUT2D eigenvalue weighted by Gasteiger charge is -2.18. The number of nitrogens with one attached hydrogen (secondary N) is 3. The highest BCUT2D eigenvalue weighted by Gasteiger charge is 2.23. The molecule has 0 aliphatic rings. The number of aryl methyl sites for hydroxylation is 1. The first-order valence-corrected chi connectivity index (χ1v) is 16.5. The summed E-state index contributed by atoms with van der Waals surface area (Å²) in [4.78, 5) is 41.1. The van der Waals surface area contributed by atoms with E-state index in [1.807, 2.05) is 116 Å². The predicted molar refractivity (Wildman–Crippen MR) is 196 cm³/mol. The third kappa shape index (κ3) is 8.62. The molecule has 0 radical (unpaired) electrons. The molecule has 8 heteroatoms. The van der Waals surface area contributed by atoms with Crippen LogP contribution in [0.2, 0.25) is 0 Å². The zero-order chi connectivity index (χ0) is 34.0. The molecule has 0 spiro atoms. The summed E-state index contributed by atoms with van der Waals surface area (Å²) in [5.74, 6) is -0.0580. The van der Waals surface area contributed by atoms with Gasteiger partial charge in [0.15, 0.2) is 0 Å². The molecule has 6 rings (SSSR count). The molecule has 1 aromatic heterocycles. The molecule has 0 saturated carbocycles. The number of benzene rings is 5. The summed E-state index contributed by atoms with van der Waals surface area (Å²) < 4.78 is 6.00. The number of rotatable bonds is 11. The smallest absolute Gasteiger partial charge is 0.272 e. The van der Waals surface area contributed by atoms with Crippen LogP contribution in [0, 0.1) is 6.92 Å². The maximum absolute atomic E-state index is 13.6. The van der Waals surface area contributed by atoms with Gasteiger partial charge in [-0.3, -0.25) is 14.4 Å². The van der Waals surface area contributed by atoms with E-state index in [1.54, 1.807) is 42.5 Å². The number of amides is 3. The van der Waals surface area contributed by atoms with Crippen molar-refractivity contribution < 1.29 is 18.8 Å². The zero-order valence-electron chi connectivity index (χ0n) is 26.6. The summed E-state index contributed by atoms with van der Waals surface area (Å²) in [6, 6.07) is 46.3. The standard InChI is InChI=1S/C41H33N3O4S/c1-28-13-11-12-20-35(28)43-41(47)38(30-16-7-3-8-17-30)49-34-24-21-32(22-25-34)42-40(46)36(44-39(45)31-18-9-4-10-19-31)27-33-23-26-37(48-33)29-14-5-2-6-15-29/h2-27,38H,1H3,(H,42,46)(H,43,47)(H,44,45)/b36-27+. The van der Waals surface area contributed by atoms with E-state index in [-0.39, 0.29) is 11.6 Å². The molecule has 0 aliphatic heterocycles. The van der Waals surface area contributed by atoms with E-state index in [1.165, 1.54) is 17.8 Å². The Balaban J connectivity index is 1.20. The van der Waals surface area contributed by atoms with Gasteiger partial charge in [0.1, 0.15) is 22.5 Å². The molecule has 49 heavy (non-hydrogen) atoms. The highest BCUT2D eigenvalue weighted by atomic mass is 32.2. The summed E-state index contributed by atoms with van der Waals surface area (Å²) in [5.41, 5.74) is 4.43. The Morgan fingerprint density at radius 2 is 1.31 bits per heavy atom. The Hall–Kier alpha value is -6.12. The van der Waals surface area contributed by atoms with Gasteiger partial charge in [0.05, 0.1) is 0 Å². The highest BCUT2D eigenvalue weighted by molar-refractivity contribution is 8.00. The molecule has 3 amide bonds. The highest BCUT2D eigenvalue weighted by Crippen LogP contribution is 2.37. The van der Waals surface area contributed by atoms with Crippen molar-refractivity contribution in [2.45, 2.75) is 17.1 Å². The van der Waals surface area contributed by atoms with Gasteiger partial charge < -0.3 is 20.4 Å². The molecule has 0 fully saturated rings. The fraction of sp³-hybridized carbons (Fsp3) is 0.0488. The van der Waals surface area contributed by atoms with Crippen LogP contribution in [0.15, 0.2) is 167 Å². The number of anilines is 2. The number of thioether (sulfide) groups is 1. The predicted octanol–water partition coefficient (Wildman–Crippen LogP) is 9.14. The van der Waals surface area contributed by atoms with Gasteiger partial charge in [-0.05, 0) is 72.6 Å². The molecule has 6 aromatic rings. The Kier molecular flexibility index (Phi) is 10.5. The summed E-state index contributed by atoms with van der Waals surface area (Å²) >= 11 is 1.41. The molecule has 1 unspecified atom stereocenters. The Morgan fingerprint density at radius 3 is 2.00 bits per heavy atom. The maximum Gasteiger partial charge on any atom is 0.272 e. The second kappa shape index (κ2) is 15.6. The lowest BCUT2D eigenvalue weighted by molar-refractivity contribution is -0.116. The van der Waals surface area contributed by atoms with Crippen LogP contribution in [-0.2, 0) is 9.59 Å². The van der Waals surface area contributed by atoms with E-state index in [4.69, 9.17) is 4.42 Å². The number of hydrogen-bond donors (Lipinski definition) is 3. The van der Waals surface area contributed by atoms with Crippen LogP contribution in [0.5, 0.6) is 0 Å². The Bertz CT molecular complexity index is 2080. The first-order valence-electron chi connectivity index (χ1n) is 15.7. The van der Waals surface area contributed by atoms with Crippen molar-refractivity contribution >= 4 is 46.9 Å². The van der Waals surface area contributed by atoms with Gasteiger partial charge in [-0.15, -0.1) is 11.8 Å². The minimum absolute atomic E-state index is 0.0123. The summed E-state index contributed by atoms with van der Waals surface area (Å²) in [6.45, 7) is 1.96. The molecular formula is C41H33N3O4S. The molecular weight excluding hydrogens is 631 g/mol. The van der Waals surface area contributed by atoms with Gasteiger partial charge in [-0.25, -0.2) is 0 Å². The molecule has 0 saturated heterocycles. The molecule has 1 heterocycles. The Labute approximate surface area is 289 Å². The van der Waals surface area contributed by atoms with Crippen LogP contribution in [0.25, 0.3) is 17.4 Å². The monoisotopic (exact) mass is 663 g/mol. The minimum atomic E-state index is -0.526. The van der Waals surface area contributed by atoms with Crippen LogP contribution < -0.4 is 16.0 Å². The first kappa shape index (κ1) is 32.8. The van der Waals surface area contributed by atoms with Crippen LogP contribution >= 0.6 is 11.8 Å². The van der Waals surface area contributed by atoms with E-state index in [0.717, 1.165) is 27.3 Å². The zero-order valence-corrected chi connectivity index (χ0v) is 27.4. The van der Waals surface area contributed by atoms with E-state index in [2.05, 4.69) is 16.0 Å². The van der Waals surface area contributed by atoms with E-state index < -0.39 is 17.1 Å². The van der Waals surface area contributed by atoms with Gasteiger partial charge in [0.25, 0.3) is 11.8 Å². The SMILES string of the molecule is Cc1ccccc1NC(=O)C(Sc1ccc(NC(=O)/C(=C\c2ccc(-c3ccccc3)o2)NC(=O)c2ccccc2)cc1)c1ccccc1. The Morgan fingerprint density at radius 1 is 0.673 bits per heavy atom. The molecule has 242 valence electrons. The van der Waals surface area contributed by atoms with E-state index in [0.29, 0.717) is 22.8 Å². The average Bonchev–Trinajstić information content (AvgIpc) is 3.61. The van der Waals surface area contributed by atoms with Crippen LogP contribution in [-0.4, -0.2) is 17.7 Å². The lowest BCUT2D eigenvalue weighted by Crippen LogP contribution is -2.30. The molecule has 1 atom stereocenters. The summed E-state index contributed by atoms with van der Waals surface area (Å²) in [6.07, 6.45) is 1.50. The fourth-order valence-electron chi connectivity index (χ4n) is 5.04. The molecule has 0 bridgehead atoms. The largest absolute Gasteiger partial charge is 0.457 e. The first-order chi connectivity index (χ1) is 23.9. The van der Waals surface area contributed by atoms with Gasteiger partial charge in [0.2, 0.25) is 5.91 Å². The topological polar surface area (TPSA) is 100 Å². The van der Waals surface area contributed by atoms with Crippen molar-refractivity contribution in [2.24, 2.45) is 0 Å². The van der Waals surface area contributed by atoms with Crippen LogP contribution in [0.4, 0.5) is 11.4 Å².